The van der Waals surface area contributed by atoms with Gasteiger partial charge in [0.05, 0.1) is 0 Å². The van der Waals surface area contributed by atoms with Crippen LogP contribution in [0.2, 0.25) is 0 Å². The number of hydrogen-bond acceptors (Lipinski definition) is 2. The Morgan fingerprint density at radius 3 is 2.57 bits per heavy atom. The van der Waals surface area contributed by atoms with Gasteiger partial charge in [0, 0.05) is 0 Å². The summed E-state index contributed by atoms with van der Waals surface area (Å²) in [5, 5.41) is 0. The number of ether oxygens (including phenoxy) is 1. The van der Waals surface area contributed by atoms with E-state index in [1.54, 1.807) is 0 Å². The molecule has 0 radical (unpaired) electrons. The molecule has 0 aromatic rings. The van der Waals surface area contributed by atoms with Crippen LogP contribution in [0.5, 0.6) is 0 Å². The molecule has 0 bridgehead atoms. The first-order chi connectivity index (χ1) is 3.41. The Morgan fingerprint density at radius 2 is 2.14 bits per heavy atom. The Labute approximate surface area is 64.8 Å². The van der Waals surface area contributed by atoms with Crippen molar-refractivity contribution in [1.29, 1.82) is 0 Å². The van der Waals surface area contributed by atoms with Crippen LogP contribution >= 0.6 is 0 Å². The second-order valence-electron chi connectivity index (χ2n) is 1.07. The average Bonchev–Trinajstić information content (AvgIpc) is 1.69. The van der Waals surface area contributed by atoms with Gasteiger partial charge < -0.3 is 0 Å². The van der Waals surface area contributed by atoms with Gasteiger partial charge in [-0.1, -0.05) is 0 Å². The monoisotopic (exact) mass is 178 g/mol. The van der Waals surface area contributed by atoms with E-state index in [0.29, 0.717) is 0 Å². The molecule has 40 valence electrons. The molecule has 0 aliphatic heterocycles. The van der Waals surface area contributed by atoms with Crippen LogP contribution in [0.25, 0.3) is 0 Å². The first-order valence-corrected chi connectivity index (χ1v) is 3.47. The maximum absolute atomic E-state index is 4.97. The molecule has 0 unspecified atom stereocenters. The molecule has 0 aromatic carbocycles. The fraction of sp³-hybridized carbons (Fsp3) is 1.00. The van der Waals surface area contributed by atoms with Crippen molar-refractivity contribution in [2.75, 3.05) is 19.8 Å². The van der Waals surface area contributed by atoms with Crippen LogP contribution in [0.4, 0.5) is 0 Å². The topological polar surface area (TPSA) is 18.5 Å². The summed E-state index contributed by atoms with van der Waals surface area (Å²) >= 11 is 0.880. The quantitative estimate of drug-likeness (QED) is 0.583. The molecule has 0 aliphatic rings. The molecule has 0 atom stereocenters. The molecule has 7 heavy (non-hydrogen) atoms. The molecule has 0 aliphatic carbocycles. The summed E-state index contributed by atoms with van der Waals surface area (Å²) in [6.45, 7) is 4.28. The summed E-state index contributed by atoms with van der Waals surface area (Å²) in [6.07, 6.45) is 0. The molecule has 0 rings (SSSR count). The third-order valence-electron chi connectivity index (χ3n) is 0.550. The summed E-state index contributed by atoms with van der Waals surface area (Å²) in [6, 6.07) is 0. The zero-order valence-corrected chi connectivity index (χ0v) is 7.35. The van der Waals surface area contributed by atoms with Crippen LogP contribution in [0.3, 0.4) is 0 Å². The van der Waals surface area contributed by atoms with Crippen molar-refractivity contribution in [3.63, 3.8) is 0 Å². The van der Waals surface area contributed by atoms with Crippen molar-refractivity contribution in [2.24, 2.45) is 0 Å². The van der Waals surface area contributed by atoms with Crippen LogP contribution in [-0.4, -0.2) is 19.8 Å². The Kier molecular flexibility index (Phi) is 8.05. The van der Waals surface area contributed by atoms with Crippen LogP contribution in [0, 0.1) is 0 Å². The van der Waals surface area contributed by atoms with Crippen LogP contribution in [0.1, 0.15) is 6.92 Å². The Balaban J connectivity index is 2.45. The summed E-state index contributed by atoms with van der Waals surface area (Å²) in [5.41, 5.74) is 0. The van der Waals surface area contributed by atoms with Crippen molar-refractivity contribution in [1.82, 2.24) is 0 Å². The second-order valence-corrected chi connectivity index (χ2v) is 1.89. The zero-order chi connectivity index (χ0) is 5.54. The molecule has 3 heteroatoms. The fourth-order valence-corrected chi connectivity index (χ4v) is 0.488. The first-order valence-electron chi connectivity index (χ1n) is 2.31. The SMILES string of the molecule is CCOCC[O][Y]. The van der Waals surface area contributed by atoms with Crippen molar-refractivity contribution in [2.45, 2.75) is 6.92 Å². The minimum atomic E-state index is 0.748. The Morgan fingerprint density at radius 1 is 1.43 bits per heavy atom. The van der Waals surface area contributed by atoms with Gasteiger partial charge in [0.25, 0.3) is 0 Å². The molecular formula is C4H9O2Y. The van der Waals surface area contributed by atoms with E-state index in [1.165, 1.54) is 0 Å². The molecule has 0 saturated carbocycles. The van der Waals surface area contributed by atoms with Gasteiger partial charge in [-0.2, -0.15) is 0 Å². The van der Waals surface area contributed by atoms with Crippen LogP contribution in [-0.2, 0) is 38.3 Å². The standard InChI is InChI=1S/C4H9O2.Y/c1-2-6-4-3-5;/h2-4H2,1H3;/q-1;+1. The molecule has 0 fully saturated rings. The summed E-state index contributed by atoms with van der Waals surface area (Å²) in [5.74, 6) is 0. The van der Waals surface area contributed by atoms with Crippen LogP contribution in [0.15, 0.2) is 0 Å². The zero-order valence-electron chi connectivity index (χ0n) is 4.52. The van der Waals surface area contributed by atoms with Gasteiger partial charge in [0.2, 0.25) is 0 Å². The summed E-state index contributed by atoms with van der Waals surface area (Å²) in [4.78, 5) is 0. The second kappa shape index (κ2) is 7.02. The van der Waals surface area contributed by atoms with Crippen molar-refractivity contribution in [3.05, 3.63) is 0 Å². The molecule has 0 aromatic heterocycles. The van der Waals surface area contributed by atoms with Gasteiger partial charge >= 0.3 is 65.0 Å². The molecule has 0 spiro atoms. The number of hydrogen-bond donors (Lipinski definition) is 0. The predicted molar refractivity (Wildman–Crippen MR) is 22.4 cm³/mol. The van der Waals surface area contributed by atoms with Gasteiger partial charge in [-0.05, 0) is 0 Å². The van der Waals surface area contributed by atoms with E-state index in [1.807, 2.05) is 6.92 Å². The Hall–Kier alpha value is 1.02. The van der Waals surface area contributed by atoms with Crippen molar-refractivity contribution < 1.29 is 38.3 Å². The number of rotatable bonds is 4. The maximum atomic E-state index is 4.97. The summed E-state index contributed by atoms with van der Waals surface area (Å²) in [7, 11) is 0. The van der Waals surface area contributed by atoms with Crippen LogP contribution < -0.4 is 0 Å². The fourth-order valence-electron chi connectivity index (χ4n) is 0.251. The third-order valence-corrected chi connectivity index (χ3v) is 1.13. The van der Waals surface area contributed by atoms with Gasteiger partial charge in [-0.3, -0.25) is 0 Å². The average molecular weight is 178 g/mol. The molecule has 0 amide bonds. The predicted octanol–water partition coefficient (Wildman–Crippen LogP) is 0.501. The summed E-state index contributed by atoms with van der Waals surface area (Å²) < 4.78 is 9.82. The molecule has 0 heterocycles. The van der Waals surface area contributed by atoms with E-state index in [2.05, 4.69) is 0 Å². The molecule has 0 saturated heterocycles. The van der Waals surface area contributed by atoms with Gasteiger partial charge in [-0.25, -0.2) is 0 Å². The normalized spacial score (nSPS) is 9.14. The van der Waals surface area contributed by atoms with Crippen molar-refractivity contribution >= 4 is 0 Å². The van der Waals surface area contributed by atoms with Gasteiger partial charge in [0.1, 0.15) is 0 Å². The van der Waals surface area contributed by atoms with E-state index in [0.717, 1.165) is 51.3 Å². The van der Waals surface area contributed by atoms with E-state index in [-0.39, 0.29) is 0 Å². The molecule has 2 nitrogen and oxygen atoms in total. The van der Waals surface area contributed by atoms with E-state index in [4.69, 9.17) is 6.79 Å². The van der Waals surface area contributed by atoms with E-state index < -0.39 is 0 Å². The third kappa shape index (κ3) is 7.02. The van der Waals surface area contributed by atoms with Gasteiger partial charge in [-0.15, -0.1) is 0 Å². The first kappa shape index (κ1) is 8.02. The van der Waals surface area contributed by atoms with E-state index in [9.17, 15) is 0 Å². The van der Waals surface area contributed by atoms with Crippen molar-refractivity contribution in [3.8, 4) is 0 Å². The van der Waals surface area contributed by atoms with Gasteiger partial charge in [0.15, 0.2) is 0 Å². The van der Waals surface area contributed by atoms with E-state index >= 15 is 0 Å². The molecular weight excluding hydrogens is 169 g/mol. The minimum absolute atomic E-state index is 0.748. The molecule has 0 N–H and O–H groups in total. The Bertz CT molecular complexity index is 28.9.